The van der Waals surface area contributed by atoms with Gasteiger partial charge in [0, 0.05) is 12.1 Å². The van der Waals surface area contributed by atoms with E-state index in [2.05, 4.69) is 5.32 Å². The van der Waals surface area contributed by atoms with E-state index in [1.165, 1.54) is 18.0 Å². The maximum absolute atomic E-state index is 11.7. The van der Waals surface area contributed by atoms with Crippen LogP contribution in [-0.4, -0.2) is 11.7 Å². The molecule has 0 aliphatic carbocycles. The third-order valence-corrected chi connectivity index (χ3v) is 3.64. The minimum Gasteiger partial charge on any atom is -0.618 e. The molecule has 1 aromatic carbocycles. The lowest BCUT2D eigenvalue weighted by Crippen LogP contribution is -2.28. The number of nitrogens with zero attached hydrogens (tertiary/aromatic N) is 1. The molecule has 0 saturated heterocycles. The Labute approximate surface area is 120 Å². The van der Waals surface area contributed by atoms with Crippen LogP contribution < -0.4 is 10.0 Å². The van der Waals surface area contributed by atoms with Gasteiger partial charge in [-0.05, 0) is 30.0 Å². The molecule has 19 heavy (non-hydrogen) atoms. The number of aromatic nitrogens is 1. The van der Waals surface area contributed by atoms with Crippen molar-refractivity contribution in [1.29, 1.82) is 0 Å². The van der Waals surface area contributed by atoms with Crippen molar-refractivity contribution in [3.8, 4) is 0 Å². The van der Waals surface area contributed by atoms with E-state index >= 15 is 0 Å². The summed E-state index contributed by atoms with van der Waals surface area (Å²) in [6.07, 6.45) is 1.40. The standard InChI is InChI=1S/C13H11ClN2O2S/c14-10-5-1-2-6-11(10)15-12(17)9-19-13-7-3-4-8-16(13)18/h1-8H,9H2,(H,15,17). The number of carbonyl (C=O) groups excluding carboxylic acids is 1. The highest BCUT2D eigenvalue weighted by atomic mass is 35.5. The van der Waals surface area contributed by atoms with Gasteiger partial charge < -0.3 is 10.5 Å². The molecule has 4 nitrogen and oxygen atoms in total. The van der Waals surface area contributed by atoms with E-state index in [1.807, 2.05) is 0 Å². The summed E-state index contributed by atoms with van der Waals surface area (Å²) in [5.41, 5.74) is 0.567. The van der Waals surface area contributed by atoms with Crippen molar-refractivity contribution in [1.82, 2.24) is 0 Å². The summed E-state index contributed by atoms with van der Waals surface area (Å²) in [6, 6.07) is 12.1. The summed E-state index contributed by atoms with van der Waals surface area (Å²) in [7, 11) is 0. The first-order chi connectivity index (χ1) is 9.16. The summed E-state index contributed by atoms with van der Waals surface area (Å²) >= 11 is 7.11. The Morgan fingerprint density at radius 2 is 2.00 bits per heavy atom. The first-order valence-corrected chi connectivity index (χ1v) is 6.88. The molecule has 98 valence electrons. The van der Waals surface area contributed by atoms with Crippen molar-refractivity contribution in [2.75, 3.05) is 11.1 Å². The molecule has 0 bridgehead atoms. The number of amides is 1. The Morgan fingerprint density at radius 3 is 2.74 bits per heavy atom. The molecular weight excluding hydrogens is 284 g/mol. The lowest BCUT2D eigenvalue weighted by atomic mass is 10.3. The molecule has 0 unspecified atom stereocenters. The van der Waals surface area contributed by atoms with Crippen molar-refractivity contribution in [3.05, 3.63) is 58.9 Å². The van der Waals surface area contributed by atoms with Gasteiger partial charge in [0.1, 0.15) is 0 Å². The first-order valence-electron chi connectivity index (χ1n) is 5.52. The summed E-state index contributed by atoms with van der Waals surface area (Å²) in [4.78, 5) is 11.7. The number of benzene rings is 1. The zero-order valence-electron chi connectivity index (χ0n) is 9.88. The molecule has 2 rings (SSSR count). The third kappa shape index (κ3) is 3.87. The lowest BCUT2D eigenvalue weighted by Gasteiger charge is -2.06. The molecule has 6 heteroatoms. The summed E-state index contributed by atoms with van der Waals surface area (Å²) in [6.45, 7) is 0. The minimum atomic E-state index is -0.207. The highest BCUT2D eigenvalue weighted by Gasteiger charge is 2.10. The summed E-state index contributed by atoms with van der Waals surface area (Å²) in [5.74, 6) is -0.0563. The number of pyridine rings is 1. The molecule has 0 aliphatic heterocycles. The van der Waals surface area contributed by atoms with E-state index in [-0.39, 0.29) is 11.7 Å². The molecule has 2 aromatic rings. The van der Waals surface area contributed by atoms with Gasteiger partial charge in [0.2, 0.25) is 5.91 Å². The zero-order valence-corrected chi connectivity index (χ0v) is 11.4. The predicted octanol–water partition coefficient (Wildman–Crippen LogP) is 2.70. The molecule has 0 fully saturated rings. The highest BCUT2D eigenvalue weighted by molar-refractivity contribution is 7.99. The number of halogens is 1. The van der Waals surface area contributed by atoms with Crippen molar-refractivity contribution in [3.63, 3.8) is 0 Å². The van der Waals surface area contributed by atoms with Crippen LogP contribution in [0.5, 0.6) is 0 Å². The van der Waals surface area contributed by atoms with E-state index in [0.29, 0.717) is 15.7 Å². The fourth-order valence-electron chi connectivity index (χ4n) is 1.41. The second-order valence-corrected chi connectivity index (χ2v) is 5.08. The van der Waals surface area contributed by atoms with Crippen LogP contribution in [0, 0.1) is 5.21 Å². The fourth-order valence-corrected chi connectivity index (χ4v) is 2.31. The number of anilines is 1. The maximum atomic E-state index is 11.7. The molecular formula is C13H11ClN2O2S. The number of thioether (sulfide) groups is 1. The Bertz CT molecular complexity index is 592. The summed E-state index contributed by atoms with van der Waals surface area (Å²) < 4.78 is 0.730. The second-order valence-electron chi connectivity index (χ2n) is 3.68. The predicted molar refractivity (Wildman–Crippen MR) is 76.2 cm³/mol. The van der Waals surface area contributed by atoms with Gasteiger partial charge in [-0.3, -0.25) is 4.79 Å². The average Bonchev–Trinajstić information content (AvgIpc) is 2.40. The largest absolute Gasteiger partial charge is 0.618 e. The molecule has 1 heterocycles. The van der Waals surface area contributed by atoms with Crippen molar-refractivity contribution >= 4 is 35.0 Å². The number of hydrogen-bond acceptors (Lipinski definition) is 3. The van der Waals surface area contributed by atoms with E-state index in [4.69, 9.17) is 11.6 Å². The smallest absolute Gasteiger partial charge is 0.251 e. The molecule has 0 saturated carbocycles. The average molecular weight is 295 g/mol. The van der Waals surface area contributed by atoms with Crippen LogP contribution in [0.15, 0.2) is 53.7 Å². The molecule has 0 spiro atoms. The fraction of sp³-hybridized carbons (Fsp3) is 0.0769. The van der Waals surface area contributed by atoms with Crippen LogP contribution in [0.1, 0.15) is 0 Å². The van der Waals surface area contributed by atoms with Crippen LogP contribution in [-0.2, 0) is 4.79 Å². The number of carbonyl (C=O) groups is 1. The minimum absolute atomic E-state index is 0.150. The number of nitrogens with one attached hydrogen (secondary N) is 1. The molecule has 0 aliphatic rings. The molecule has 1 aromatic heterocycles. The van der Waals surface area contributed by atoms with E-state index in [9.17, 15) is 10.0 Å². The van der Waals surface area contributed by atoms with Gasteiger partial charge in [-0.15, -0.1) is 0 Å². The quantitative estimate of drug-likeness (QED) is 0.536. The molecule has 0 atom stereocenters. The maximum Gasteiger partial charge on any atom is 0.251 e. The van der Waals surface area contributed by atoms with Gasteiger partial charge in [0.15, 0.2) is 6.20 Å². The third-order valence-electron chi connectivity index (χ3n) is 2.29. The topological polar surface area (TPSA) is 56.0 Å². The van der Waals surface area contributed by atoms with Gasteiger partial charge in [0.25, 0.3) is 5.03 Å². The van der Waals surface area contributed by atoms with Crippen LogP contribution in [0.25, 0.3) is 0 Å². The summed E-state index contributed by atoms with van der Waals surface area (Å²) in [5, 5.41) is 15.1. The van der Waals surface area contributed by atoms with Crippen LogP contribution >= 0.6 is 23.4 Å². The molecule has 1 amide bonds. The molecule has 0 radical (unpaired) electrons. The van der Waals surface area contributed by atoms with Crippen molar-refractivity contribution in [2.45, 2.75) is 5.03 Å². The highest BCUT2D eigenvalue weighted by Crippen LogP contribution is 2.21. The monoisotopic (exact) mass is 294 g/mol. The number of para-hydroxylation sites is 1. The van der Waals surface area contributed by atoms with E-state index in [0.717, 1.165) is 4.73 Å². The Balaban J connectivity index is 1.92. The van der Waals surface area contributed by atoms with Crippen LogP contribution in [0.2, 0.25) is 5.02 Å². The van der Waals surface area contributed by atoms with Crippen LogP contribution in [0.3, 0.4) is 0 Å². The van der Waals surface area contributed by atoms with Crippen molar-refractivity contribution < 1.29 is 9.52 Å². The number of rotatable bonds is 4. The van der Waals surface area contributed by atoms with Crippen molar-refractivity contribution in [2.24, 2.45) is 0 Å². The van der Waals surface area contributed by atoms with E-state index < -0.39 is 0 Å². The first kappa shape index (κ1) is 13.7. The van der Waals surface area contributed by atoms with Gasteiger partial charge in [-0.25, -0.2) is 0 Å². The lowest BCUT2D eigenvalue weighted by molar-refractivity contribution is -0.645. The van der Waals surface area contributed by atoms with Gasteiger partial charge in [-0.2, -0.15) is 4.73 Å². The SMILES string of the molecule is O=C(CSc1cccc[n+]1[O-])Nc1ccccc1Cl. The second kappa shape index (κ2) is 6.45. The van der Waals surface area contributed by atoms with E-state index in [1.54, 1.807) is 42.5 Å². The molecule has 1 N–H and O–H groups in total. The van der Waals surface area contributed by atoms with Gasteiger partial charge in [-0.1, -0.05) is 23.7 Å². The Hall–Kier alpha value is -1.72. The van der Waals surface area contributed by atoms with Crippen LogP contribution in [0.4, 0.5) is 5.69 Å². The zero-order chi connectivity index (χ0) is 13.7. The normalized spacial score (nSPS) is 10.2. The van der Waals surface area contributed by atoms with Gasteiger partial charge >= 0.3 is 0 Å². The Morgan fingerprint density at radius 1 is 1.26 bits per heavy atom. The Kier molecular flexibility index (Phi) is 4.65. The van der Waals surface area contributed by atoms with Gasteiger partial charge in [0.05, 0.1) is 16.5 Å². The number of hydrogen-bond donors (Lipinski definition) is 1.